The number of thioether (sulfide) groups is 1. The molecule has 0 bridgehead atoms. The standard InChI is InChI=1S/C13H24N6OS/c1-4-14-12(15-8-13(20)5-6-21-9-13)18(2)7-11-16-10-17-19(11)3/h10,20H,4-9H2,1-3H3,(H,14,15). The SMILES string of the molecule is CCNC(=NCC1(O)CCSC1)N(C)Cc1ncnn1C. The summed E-state index contributed by atoms with van der Waals surface area (Å²) in [4.78, 5) is 10.8. The Morgan fingerprint density at radius 1 is 1.67 bits per heavy atom. The summed E-state index contributed by atoms with van der Waals surface area (Å²) < 4.78 is 1.75. The molecule has 1 fully saturated rings. The second-order valence-electron chi connectivity index (χ2n) is 5.35. The first-order valence-corrected chi connectivity index (χ1v) is 8.32. The zero-order valence-corrected chi connectivity index (χ0v) is 13.7. The molecule has 1 aliphatic heterocycles. The number of hydrogen-bond donors (Lipinski definition) is 2. The van der Waals surface area contributed by atoms with Crippen LogP contribution in [0.2, 0.25) is 0 Å². The van der Waals surface area contributed by atoms with Crippen LogP contribution in [-0.2, 0) is 13.6 Å². The van der Waals surface area contributed by atoms with Gasteiger partial charge in [-0.2, -0.15) is 16.9 Å². The molecule has 0 saturated carbocycles. The van der Waals surface area contributed by atoms with Gasteiger partial charge >= 0.3 is 0 Å². The van der Waals surface area contributed by atoms with Crippen molar-refractivity contribution < 1.29 is 5.11 Å². The van der Waals surface area contributed by atoms with Crippen molar-refractivity contribution in [3.8, 4) is 0 Å². The third kappa shape index (κ3) is 4.34. The first kappa shape index (κ1) is 16.1. The molecule has 1 saturated heterocycles. The number of aliphatic imine (C=N–C) groups is 1. The highest BCUT2D eigenvalue weighted by Crippen LogP contribution is 2.27. The second-order valence-corrected chi connectivity index (χ2v) is 6.46. The number of guanidine groups is 1. The van der Waals surface area contributed by atoms with E-state index < -0.39 is 5.60 Å². The first-order valence-electron chi connectivity index (χ1n) is 7.16. The van der Waals surface area contributed by atoms with Crippen molar-refractivity contribution in [3.05, 3.63) is 12.2 Å². The lowest BCUT2D eigenvalue weighted by atomic mass is 10.1. The van der Waals surface area contributed by atoms with Crippen LogP contribution < -0.4 is 5.32 Å². The summed E-state index contributed by atoms with van der Waals surface area (Å²) in [7, 11) is 3.84. The molecule has 7 nitrogen and oxygen atoms in total. The molecule has 0 radical (unpaired) electrons. The third-order valence-electron chi connectivity index (χ3n) is 3.49. The van der Waals surface area contributed by atoms with Crippen molar-refractivity contribution in [1.29, 1.82) is 0 Å². The molecule has 1 aromatic heterocycles. The predicted molar refractivity (Wildman–Crippen MR) is 85.3 cm³/mol. The normalized spacial score (nSPS) is 22.6. The van der Waals surface area contributed by atoms with Gasteiger partial charge in [-0.1, -0.05) is 0 Å². The molecule has 2 N–H and O–H groups in total. The van der Waals surface area contributed by atoms with Gasteiger partial charge in [0.1, 0.15) is 12.2 Å². The molecule has 1 aliphatic rings. The van der Waals surface area contributed by atoms with Crippen LogP contribution in [0.25, 0.3) is 0 Å². The third-order valence-corrected chi connectivity index (χ3v) is 4.72. The monoisotopic (exact) mass is 312 g/mol. The predicted octanol–water partition coefficient (Wildman–Crippen LogP) is 0.0804. The van der Waals surface area contributed by atoms with Crippen molar-refractivity contribution in [3.63, 3.8) is 0 Å². The molecule has 1 unspecified atom stereocenters. The van der Waals surface area contributed by atoms with Gasteiger partial charge in [0.05, 0.1) is 18.7 Å². The number of hydrogen-bond acceptors (Lipinski definition) is 5. The first-order chi connectivity index (χ1) is 10.0. The van der Waals surface area contributed by atoms with E-state index >= 15 is 0 Å². The average molecular weight is 312 g/mol. The molecule has 8 heteroatoms. The molecule has 21 heavy (non-hydrogen) atoms. The fraction of sp³-hybridized carbons (Fsp3) is 0.769. The van der Waals surface area contributed by atoms with Crippen LogP contribution in [0.5, 0.6) is 0 Å². The summed E-state index contributed by atoms with van der Waals surface area (Å²) in [5, 5.41) is 17.7. The molecular formula is C13H24N6OS. The van der Waals surface area contributed by atoms with Gasteiger partial charge in [-0.3, -0.25) is 9.67 Å². The maximum absolute atomic E-state index is 10.4. The summed E-state index contributed by atoms with van der Waals surface area (Å²) in [5.74, 6) is 3.43. The van der Waals surface area contributed by atoms with E-state index in [1.807, 2.05) is 25.9 Å². The zero-order chi connectivity index (χ0) is 15.3. The Hall–Kier alpha value is -1.28. The summed E-state index contributed by atoms with van der Waals surface area (Å²) in [6, 6.07) is 0. The zero-order valence-electron chi connectivity index (χ0n) is 12.9. The maximum Gasteiger partial charge on any atom is 0.194 e. The van der Waals surface area contributed by atoms with Gasteiger partial charge in [-0.25, -0.2) is 4.98 Å². The second kappa shape index (κ2) is 7.13. The van der Waals surface area contributed by atoms with E-state index in [2.05, 4.69) is 20.4 Å². The van der Waals surface area contributed by atoms with Crippen LogP contribution in [-0.4, -0.2) is 68.0 Å². The Morgan fingerprint density at radius 3 is 3.05 bits per heavy atom. The smallest absolute Gasteiger partial charge is 0.194 e. The van der Waals surface area contributed by atoms with Crippen LogP contribution in [0, 0.1) is 0 Å². The van der Waals surface area contributed by atoms with Gasteiger partial charge in [-0.05, 0) is 19.1 Å². The topological polar surface area (TPSA) is 78.6 Å². The molecule has 0 amide bonds. The molecule has 2 heterocycles. The minimum Gasteiger partial charge on any atom is -0.387 e. The van der Waals surface area contributed by atoms with Gasteiger partial charge in [0.25, 0.3) is 0 Å². The minimum absolute atomic E-state index is 0.436. The highest BCUT2D eigenvalue weighted by Gasteiger charge is 2.31. The molecule has 2 rings (SSSR count). The van der Waals surface area contributed by atoms with E-state index in [1.54, 1.807) is 22.8 Å². The average Bonchev–Trinajstić information content (AvgIpc) is 3.05. The lowest BCUT2D eigenvalue weighted by Gasteiger charge is -2.24. The summed E-state index contributed by atoms with van der Waals surface area (Å²) in [6.07, 6.45) is 2.36. The van der Waals surface area contributed by atoms with Gasteiger partial charge in [-0.15, -0.1) is 0 Å². The maximum atomic E-state index is 10.4. The number of aliphatic hydroxyl groups is 1. The number of nitrogens with zero attached hydrogens (tertiary/aromatic N) is 5. The lowest BCUT2D eigenvalue weighted by molar-refractivity contribution is 0.0776. The molecule has 0 aromatic carbocycles. The van der Waals surface area contributed by atoms with Gasteiger partial charge in [0.2, 0.25) is 0 Å². The van der Waals surface area contributed by atoms with E-state index in [0.717, 1.165) is 36.3 Å². The Kier molecular flexibility index (Phi) is 5.46. The summed E-state index contributed by atoms with van der Waals surface area (Å²) in [5.41, 5.74) is -0.656. The molecule has 1 atom stereocenters. The largest absolute Gasteiger partial charge is 0.387 e. The van der Waals surface area contributed by atoms with E-state index in [4.69, 9.17) is 0 Å². The van der Waals surface area contributed by atoms with Crippen molar-refractivity contribution >= 4 is 17.7 Å². The van der Waals surface area contributed by atoms with Crippen LogP contribution in [0.4, 0.5) is 0 Å². The Labute approximate surface area is 129 Å². The van der Waals surface area contributed by atoms with E-state index in [9.17, 15) is 5.11 Å². The van der Waals surface area contributed by atoms with E-state index in [1.165, 1.54) is 0 Å². The van der Waals surface area contributed by atoms with Gasteiger partial charge in [0.15, 0.2) is 5.96 Å². The van der Waals surface area contributed by atoms with Crippen LogP contribution in [0.15, 0.2) is 11.3 Å². The van der Waals surface area contributed by atoms with Crippen LogP contribution >= 0.6 is 11.8 Å². The van der Waals surface area contributed by atoms with Gasteiger partial charge in [0, 0.05) is 26.4 Å². The summed E-state index contributed by atoms with van der Waals surface area (Å²) >= 11 is 1.79. The van der Waals surface area contributed by atoms with Crippen molar-refractivity contribution in [2.24, 2.45) is 12.0 Å². The molecule has 0 aliphatic carbocycles. The van der Waals surface area contributed by atoms with Gasteiger partial charge < -0.3 is 15.3 Å². The Balaban J connectivity index is 2.01. The Bertz CT molecular complexity index is 483. The summed E-state index contributed by atoms with van der Waals surface area (Å²) in [6.45, 7) is 3.88. The molecule has 1 aromatic rings. The van der Waals surface area contributed by atoms with Crippen LogP contribution in [0.1, 0.15) is 19.2 Å². The van der Waals surface area contributed by atoms with E-state index in [-0.39, 0.29) is 0 Å². The number of aromatic nitrogens is 3. The number of aryl methyl sites for hydroxylation is 1. The number of nitrogens with one attached hydrogen (secondary N) is 1. The highest BCUT2D eigenvalue weighted by atomic mass is 32.2. The van der Waals surface area contributed by atoms with Crippen LogP contribution in [0.3, 0.4) is 0 Å². The minimum atomic E-state index is -0.656. The lowest BCUT2D eigenvalue weighted by Crippen LogP contribution is -2.41. The molecule has 0 spiro atoms. The van der Waals surface area contributed by atoms with Crippen molar-refractivity contribution in [2.75, 3.05) is 31.6 Å². The quantitative estimate of drug-likeness (QED) is 0.592. The Morgan fingerprint density at radius 2 is 2.48 bits per heavy atom. The number of rotatable bonds is 5. The highest BCUT2D eigenvalue weighted by molar-refractivity contribution is 7.99. The fourth-order valence-electron chi connectivity index (χ4n) is 2.16. The molecular weight excluding hydrogens is 288 g/mol. The fourth-order valence-corrected chi connectivity index (χ4v) is 3.45. The van der Waals surface area contributed by atoms with Crippen molar-refractivity contribution in [2.45, 2.75) is 25.5 Å². The molecule has 118 valence electrons. The van der Waals surface area contributed by atoms with Crippen molar-refractivity contribution in [1.82, 2.24) is 25.0 Å². The van der Waals surface area contributed by atoms with E-state index in [0.29, 0.717) is 13.1 Å².